The molecule has 0 fully saturated rings. The molecule has 0 saturated carbocycles. The van der Waals surface area contributed by atoms with E-state index >= 15 is 0 Å². The van der Waals surface area contributed by atoms with Gasteiger partial charge in [0.25, 0.3) is 0 Å². The van der Waals surface area contributed by atoms with Crippen molar-refractivity contribution < 1.29 is 4.74 Å². The molecule has 0 amide bonds. The molecule has 2 N–H and O–H groups in total. The zero-order chi connectivity index (χ0) is 12.8. The minimum absolute atomic E-state index is 0.0975. The van der Waals surface area contributed by atoms with E-state index in [2.05, 4.69) is 6.07 Å². The molecule has 0 saturated heterocycles. The second-order valence-corrected chi connectivity index (χ2v) is 4.50. The van der Waals surface area contributed by atoms with Gasteiger partial charge in [-0.2, -0.15) is 5.26 Å². The Balaban J connectivity index is 2.79. The smallest absolute Gasteiger partial charge is 0.184 e. The largest absolute Gasteiger partial charge is 0.474 e. The zero-order valence-corrected chi connectivity index (χ0v) is 10.9. The predicted molar refractivity (Wildman–Crippen MR) is 69.1 cm³/mol. The van der Waals surface area contributed by atoms with Crippen LogP contribution in [0.2, 0.25) is 5.02 Å². The van der Waals surface area contributed by atoms with Crippen LogP contribution < -0.4 is 10.5 Å². The maximum Gasteiger partial charge on any atom is 0.184 e. The molecule has 1 aromatic rings. The summed E-state index contributed by atoms with van der Waals surface area (Å²) in [5.41, 5.74) is 6.79. The van der Waals surface area contributed by atoms with Crippen molar-refractivity contribution in [3.8, 4) is 11.8 Å². The Labute approximate surface area is 107 Å². The lowest BCUT2D eigenvalue weighted by molar-refractivity contribution is 0.252. The van der Waals surface area contributed by atoms with Crippen LogP contribution in [0.5, 0.6) is 5.75 Å². The summed E-state index contributed by atoms with van der Waals surface area (Å²) in [6.07, 6.45) is 0.955. The average Bonchev–Trinajstić information content (AvgIpc) is 2.27. The van der Waals surface area contributed by atoms with Crippen molar-refractivity contribution in [3.63, 3.8) is 0 Å². The molecule has 0 aliphatic heterocycles. The molecular weight excluding hydrogens is 236 g/mol. The zero-order valence-electron chi connectivity index (χ0n) is 10.1. The molecular formula is C13H17ClN2O. The first-order valence-electron chi connectivity index (χ1n) is 5.67. The first kappa shape index (κ1) is 13.8. The highest BCUT2D eigenvalue weighted by molar-refractivity contribution is 6.32. The summed E-state index contributed by atoms with van der Waals surface area (Å²) < 4.78 is 5.48. The van der Waals surface area contributed by atoms with E-state index < -0.39 is 6.10 Å². The van der Waals surface area contributed by atoms with Gasteiger partial charge in [0.15, 0.2) is 6.10 Å². The topological polar surface area (TPSA) is 59.0 Å². The molecule has 0 aliphatic carbocycles. The van der Waals surface area contributed by atoms with Crippen LogP contribution in [0.25, 0.3) is 0 Å². The highest BCUT2D eigenvalue weighted by Crippen LogP contribution is 2.27. The summed E-state index contributed by atoms with van der Waals surface area (Å²) >= 11 is 6.10. The number of rotatable bonds is 5. The third-order valence-corrected chi connectivity index (χ3v) is 2.63. The Morgan fingerprint density at radius 2 is 2.24 bits per heavy atom. The van der Waals surface area contributed by atoms with Gasteiger partial charge in [0.05, 0.1) is 5.02 Å². The lowest BCUT2D eigenvalue weighted by atomic mass is 10.1. The number of nitrogens with two attached hydrogens (primary N) is 1. The van der Waals surface area contributed by atoms with Gasteiger partial charge in [-0.25, -0.2) is 0 Å². The number of halogens is 1. The van der Waals surface area contributed by atoms with E-state index in [1.165, 1.54) is 0 Å². The second kappa shape index (κ2) is 6.48. The first-order chi connectivity index (χ1) is 8.06. The van der Waals surface area contributed by atoms with Gasteiger partial charge < -0.3 is 10.5 Å². The monoisotopic (exact) mass is 252 g/mol. The molecule has 0 spiro atoms. The summed E-state index contributed by atoms with van der Waals surface area (Å²) in [5.74, 6) is 0.550. The third-order valence-electron chi connectivity index (χ3n) is 2.34. The molecule has 92 valence electrons. The van der Waals surface area contributed by atoms with Crippen molar-refractivity contribution in [2.45, 2.75) is 38.8 Å². The predicted octanol–water partition coefficient (Wildman–Crippen LogP) is 2.91. The first-order valence-corrected chi connectivity index (χ1v) is 6.04. The van der Waals surface area contributed by atoms with Gasteiger partial charge in [-0.05, 0) is 37.5 Å². The summed E-state index contributed by atoms with van der Waals surface area (Å²) in [5, 5.41) is 9.34. The van der Waals surface area contributed by atoms with Gasteiger partial charge in [-0.1, -0.05) is 24.6 Å². The number of benzene rings is 1. The highest BCUT2D eigenvalue weighted by atomic mass is 35.5. The molecule has 2 unspecified atom stereocenters. The van der Waals surface area contributed by atoms with Crippen molar-refractivity contribution in [2.24, 2.45) is 5.73 Å². The maximum absolute atomic E-state index is 8.82. The Hall–Kier alpha value is -1.24. The summed E-state index contributed by atoms with van der Waals surface area (Å²) in [7, 11) is 0. The van der Waals surface area contributed by atoms with E-state index in [0.29, 0.717) is 17.2 Å². The van der Waals surface area contributed by atoms with Gasteiger partial charge in [-0.15, -0.1) is 0 Å². The van der Waals surface area contributed by atoms with Crippen LogP contribution in [0.4, 0.5) is 0 Å². The fourth-order valence-corrected chi connectivity index (χ4v) is 1.74. The minimum atomic E-state index is -0.452. The number of nitriles is 1. The standard InChI is InChI=1S/C13H17ClN2O/c1-3-11(8-15)17-13-5-4-10(6-9(2)16)7-12(13)14/h4-5,7,9,11H,3,6,16H2,1-2H3. The van der Waals surface area contributed by atoms with Gasteiger partial charge in [0, 0.05) is 6.04 Å². The summed E-state index contributed by atoms with van der Waals surface area (Å²) in [6, 6.07) is 7.73. The molecule has 0 radical (unpaired) electrons. The van der Waals surface area contributed by atoms with Crippen LogP contribution in [0, 0.1) is 11.3 Å². The van der Waals surface area contributed by atoms with Crippen LogP contribution >= 0.6 is 11.6 Å². The lowest BCUT2D eigenvalue weighted by Gasteiger charge is -2.13. The van der Waals surface area contributed by atoms with Crippen molar-refractivity contribution in [1.29, 1.82) is 5.26 Å². The van der Waals surface area contributed by atoms with E-state index in [-0.39, 0.29) is 6.04 Å². The van der Waals surface area contributed by atoms with Crippen molar-refractivity contribution in [1.82, 2.24) is 0 Å². The molecule has 2 atom stereocenters. The quantitative estimate of drug-likeness (QED) is 0.877. The van der Waals surface area contributed by atoms with E-state index in [4.69, 9.17) is 27.3 Å². The van der Waals surface area contributed by atoms with Crippen molar-refractivity contribution in [2.75, 3.05) is 0 Å². The SMILES string of the molecule is CCC(C#N)Oc1ccc(CC(C)N)cc1Cl. The Kier molecular flexibility index (Phi) is 5.27. The van der Waals surface area contributed by atoms with Crippen molar-refractivity contribution >= 4 is 11.6 Å². The van der Waals surface area contributed by atoms with E-state index in [0.717, 1.165) is 12.0 Å². The third kappa shape index (κ3) is 4.26. The molecule has 17 heavy (non-hydrogen) atoms. The molecule has 0 aliphatic rings. The molecule has 0 aromatic heterocycles. The molecule has 4 heteroatoms. The summed E-state index contributed by atoms with van der Waals surface area (Å²) in [6.45, 7) is 3.84. The van der Waals surface area contributed by atoms with E-state index in [1.54, 1.807) is 6.07 Å². The van der Waals surface area contributed by atoms with Crippen LogP contribution in [0.3, 0.4) is 0 Å². The van der Waals surface area contributed by atoms with E-state index in [9.17, 15) is 0 Å². The number of hydrogen-bond donors (Lipinski definition) is 1. The Morgan fingerprint density at radius 3 is 2.71 bits per heavy atom. The number of hydrogen-bond acceptors (Lipinski definition) is 3. The van der Waals surface area contributed by atoms with E-state index in [1.807, 2.05) is 26.0 Å². The maximum atomic E-state index is 8.82. The van der Waals surface area contributed by atoms with Gasteiger partial charge in [-0.3, -0.25) is 0 Å². The average molecular weight is 253 g/mol. The van der Waals surface area contributed by atoms with Gasteiger partial charge in [0.2, 0.25) is 0 Å². The lowest BCUT2D eigenvalue weighted by Crippen LogP contribution is -2.17. The number of ether oxygens (including phenoxy) is 1. The molecule has 1 rings (SSSR count). The Morgan fingerprint density at radius 1 is 1.53 bits per heavy atom. The fourth-order valence-electron chi connectivity index (χ4n) is 1.49. The van der Waals surface area contributed by atoms with Crippen LogP contribution in [-0.4, -0.2) is 12.1 Å². The normalized spacial score (nSPS) is 13.8. The second-order valence-electron chi connectivity index (χ2n) is 4.09. The summed E-state index contributed by atoms with van der Waals surface area (Å²) in [4.78, 5) is 0. The van der Waals surface area contributed by atoms with Crippen LogP contribution in [0.15, 0.2) is 18.2 Å². The van der Waals surface area contributed by atoms with Crippen LogP contribution in [0.1, 0.15) is 25.8 Å². The number of nitrogens with zero attached hydrogens (tertiary/aromatic N) is 1. The molecule has 1 aromatic carbocycles. The van der Waals surface area contributed by atoms with Crippen LogP contribution in [-0.2, 0) is 6.42 Å². The van der Waals surface area contributed by atoms with Gasteiger partial charge >= 0.3 is 0 Å². The minimum Gasteiger partial charge on any atom is -0.474 e. The highest BCUT2D eigenvalue weighted by Gasteiger charge is 2.10. The molecule has 0 heterocycles. The Bertz CT molecular complexity index is 412. The van der Waals surface area contributed by atoms with Crippen molar-refractivity contribution in [3.05, 3.63) is 28.8 Å². The molecule has 0 bridgehead atoms. The molecule has 3 nitrogen and oxygen atoms in total. The fraction of sp³-hybridized carbons (Fsp3) is 0.462. The van der Waals surface area contributed by atoms with Gasteiger partial charge in [0.1, 0.15) is 11.8 Å².